The number of hydrogen-bond donors (Lipinski definition) is 2. The van der Waals surface area contributed by atoms with Crippen LogP contribution in [0.2, 0.25) is 0 Å². The number of amides is 1. The lowest BCUT2D eigenvalue weighted by Gasteiger charge is -2.15. The predicted molar refractivity (Wildman–Crippen MR) is 97.5 cm³/mol. The van der Waals surface area contributed by atoms with Crippen molar-refractivity contribution in [3.8, 4) is 6.07 Å². The first-order valence-electron chi connectivity index (χ1n) is 8.54. The van der Waals surface area contributed by atoms with Gasteiger partial charge in [0, 0.05) is 24.6 Å². The molecule has 0 aliphatic carbocycles. The molecule has 1 aromatic carbocycles. The summed E-state index contributed by atoms with van der Waals surface area (Å²) in [6.45, 7) is 6.38. The number of rotatable bonds is 10. The highest BCUT2D eigenvalue weighted by atomic mass is 32.2. The van der Waals surface area contributed by atoms with E-state index < -0.39 is 10.0 Å². The molecule has 1 rings (SSSR count). The molecule has 1 amide bonds. The third kappa shape index (κ3) is 7.67. The summed E-state index contributed by atoms with van der Waals surface area (Å²) in [5.41, 5.74) is 0.423. The van der Waals surface area contributed by atoms with E-state index in [1.54, 1.807) is 0 Å². The van der Waals surface area contributed by atoms with Crippen LogP contribution in [0.4, 0.5) is 0 Å². The van der Waals surface area contributed by atoms with Gasteiger partial charge in [-0.2, -0.15) is 5.26 Å². The molecule has 138 valence electrons. The van der Waals surface area contributed by atoms with Crippen molar-refractivity contribution in [1.82, 2.24) is 10.0 Å². The molecule has 2 N–H and O–H groups in total. The summed E-state index contributed by atoms with van der Waals surface area (Å²) in [5, 5.41) is 11.4. The number of sulfonamides is 1. The molecule has 7 heteroatoms. The molecule has 0 aliphatic rings. The first kappa shape index (κ1) is 21.1. The van der Waals surface area contributed by atoms with Gasteiger partial charge in [0.15, 0.2) is 0 Å². The van der Waals surface area contributed by atoms with Crippen LogP contribution in [0, 0.1) is 17.2 Å². The number of nitriles is 1. The van der Waals surface area contributed by atoms with Crippen molar-refractivity contribution in [3.05, 3.63) is 29.8 Å². The zero-order valence-corrected chi connectivity index (χ0v) is 15.9. The van der Waals surface area contributed by atoms with Crippen molar-refractivity contribution in [2.45, 2.75) is 57.4 Å². The molecule has 0 spiro atoms. The third-order valence-corrected chi connectivity index (χ3v) is 5.23. The van der Waals surface area contributed by atoms with Crippen molar-refractivity contribution in [3.63, 3.8) is 0 Å². The lowest BCUT2D eigenvalue weighted by atomic mass is 10.0. The van der Waals surface area contributed by atoms with Gasteiger partial charge in [-0.05, 0) is 43.5 Å². The molecular weight excluding hydrogens is 338 g/mol. The molecule has 0 fully saturated rings. The Morgan fingerprint density at radius 3 is 2.36 bits per heavy atom. The normalized spacial score (nSPS) is 12.6. The Labute approximate surface area is 150 Å². The van der Waals surface area contributed by atoms with Crippen molar-refractivity contribution >= 4 is 15.9 Å². The van der Waals surface area contributed by atoms with Crippen molar-refractivity contribution < 1.29 is 13.2 Å². The van der Waals surface area contributed by atoms with Crippen LogP contribution in [0.5, 0.6) is 0 Å². The standard InChI is InChI=1S/C18H27N3O3S/c1-14(2)6-4-7-15(3)21-18(22)16-8-10-17(11-9-16)25(23,24)20-13-5-12-19/h8-11,14-15,20H,4-7,13H2,1-3H3,(H,21,22)/t15-/m1/s1. The fourth-order valence-corrected chi connectivity index (χ4v) is 3.35. The number of hydrogen-bond acceptors (Lipinski definition) is 4. The molecule has 6 nitrogen and oxygen atoms in total. The zero-order chi connectivity index (χ0) is 18.9. The lowest BCUT2D eigenvalue weighted by molar-refractivity contribution is 0.0937. The van der Waals surface area contributed by atoms with Crippen LogP contribution in [0.25, 0.3) is 0 Å². The summed E-state index contributed by atoms with van der Waals surface area (Å²) in [4.78, 5) is 12.3. The second kappa shape index (κ2) is 10.2. The molecule has 0 saturated heterocycles. The topological polar surface area (TPSA) is 99.1 Å². The van der Waals surface area contributed by atoms with E-state index in [2.05, 4.69) is 23.9 Å². The molecule has 0 aromatic heterocycles. The molecule has 0 heterocycles. The lowest BCUT2D eigenvalue weighted by Crippen LogP contribution is -2.32. The second-order valence-corrected chi connectivity index (χ2v) is 8.30. The summed E-state index contributed by atoms with van der Waals surface area (Å²) in [6, 6.07) is 7.73. The molecule has 1 atom stereocenters. The maximum atomic E-state index is 12.2. The van der Waals surface area contributed by atoms with Crippen LogP contribution in [0.1, 0.15) is 56.8 Å². The van der Waals surface area contributed by atoms with Crippen LogP contribution < -0.4 is 10.0 Å². The van der Waals surface area contributed by atoms with Crippen molar-refractivity contribution in [2.24, 2.45) is 5.92 Å². The highest BCUT2D eigenvalue weighted by Crippen LogP contribution is 2.12. The molecule has 0 saturated carbocycles. The molecule has 0 radical (unpaired) electrons. The quantitative estimate of drug-likeness (QED) is 0.623. The van der Waals surface area contributed by atoms with E-state index in [9.17, 15) is 13.2 Å². The van der Waals surface area contributed by atoms with Gasteiger partial charge in [0.2, 0.25) is 10.0 Å². The average molecular weight is 365 g/mol. The van der Waals surface area contributed by atoms with Gasteiger partial charge in [-0.25, -0.2) is 13.1 Å². The van der Waals surface area contributed by atoms with Gasteiger partial charge in [-0.15, -0.1) is 0 Å². The fraction of sp³-hybridized carbons (Fsp3) is 0.556. The Hall–Kier alpha value is -1.91. The minimum atomic E-state index is -3.65. The molecule has 0 bridgehead atoms. The van der Waals surface area contributed by atoms with Gasteiger partial charge < -0.3 is 5.32 Å². The van der Waals surface area contributed by atoms with E-state index >= 15 is 0 Å². The van der Waals surface area contributed by atoms with E-state index in [-0.39, 0.29) is 29.8 Å². The molecule has 1 aromatic rings. The fourth-order valence-electron chi connectivity index (χ4n) is 2.32. The molecular formula is C18H27N3O3S. The SMILES string of the molecule is CC(C)CCC[C@@H](C)NC(=O)c1ccc(S(=O)(=O)NCCC#N)cc1. The van der Waals surface area contributed by atoms with Gasteiger partial charge in [0.1, 0.15) is 0 Å². The summed E-state index contributed by atoms with van der Waals surface area (Å²) in [6.07, 6.45) is 3.21. The molecule has 0 aliphatic heterocycles. The van der Waals surface area contributed by atoms with Crippen LogP contribution in [0.3, 0.4) is 0 Å². The Bertz CT molecular complexity index is 691. The Morgan fingerprint density at radius 1 is 1.16 bits per heavy atom. The average Bonchev–Trinajstić information content (AvgIpc) is 2.54. The highest BCUT2D eigenvalue weighted by molar-refractivity contribution is 7.89. The summed E-state index contributed by atoms with van der Waals surface area (Å²) in [5.74, 6) is 0.442. The summed E-state index contributed by atoms with van der Waals surface area (Å²) in [7, 11) is -3.65. The Balaban J connectivity index is 2.60. The van der Waals surface area contributed by atoms with Crippen molar-refractivity contribution in [1.29, 1.82) is 5.26 Å². The first-order valence-corrected chi connectivity index (χ1v) is 10.0. The highest BCUT2D eigenvalue weighted by Gasteiger charge is 2.15. The third-order valence-electron chi connectivity index (χ3n) is 3.75. The van der Waals surface area contributed by atoms with Gasteiger partial charge in [-0.1, -0.05) is 26.7 Å². The van der Waals surface area contributed by atoms with Crippen LogP contribution in [-0.4, -0.2) is 26.9 Å². The predicted octanol–water partition coefficient (Wildman–Crippen LogP) is 2.82. The molecule has 25 heavy (non-hydrogen) atoms. The van der Waals surface area contributed by atoms with Crippen molar-refractivity contribution in [2.75, 3.05) is 6.54 Å². The number of benzene rings is 1. The van der Waals surface area contributed by atoms with E-state index in [0.29, 0.717) is 11.5 Å². The van der Waals surface area contributed by atoms with Crippen LogP contribution in [0.15, 0.2) is 29.2 Å². The summed E-state index contributed by atoms with van der Waals surface area (Å²) >= 11 is 0. The largest absolute Gasteiger partial charge is 0.350 e. The Morgan fingerprint density at radius 2 is 1.80 bits per heavy atom. The van der Waals surface area contributed by atoms with Gasteiger partial charge in [0.05, 0.1) is 11.0 Å². The number of nitrogens with zero attached hydrogens (tertiary/aromatic N) is 1. The molecule has 0 unspecified atom stereocenters. The van der Waals surface area contributed by atoms with E-state index in [0.717, 1.165) is 19.3 Å². The smallest absolute Gasteiger partial charge is 0.251 e. The zero-order valence-electron chi connectivity index (χ0n) is 15.1. The second-order valence-electron chi connectivity index (χ2n) is 6.53. The van der Waals surface area contributed by atoms with Crippen LogP contribution in [-0.2, 0) is 10.0 Å². The maximum absolute atomic E-state index is 12.2. The first-order chi connectivity index (χ1) is 11.8. The van der Waals surface area contributed by atoms with Gasteiger partial charge in [-0.3, -0.25) is 4.79 Å². The van der Waals surface area contributed by atoms with Gasteiger partial charge >= 0.3 is 0 Å². The minimum absolute atomic E-state index is 0.0644. The van der Waals surface area contributed by atoms with E-state index in [4.69, 9.17) is 5.26 Å². The summed E-state index contributed by atoms with van der Waals surface area (Å²) < 4.78 is 26.4. The van der Waals surface area contributed by atoms with Crippen LogP contribution >= 0.6 is 0 Å². The minimum Gasteiger partial charge on any atom is -0.350 e. The van der Waals surface area contributed by atoms with E-state index in [1.807, 2.05) is 13.0 Å². The number of carbonyl (C=O) groups excluding carboxylic acids is 1. The Kier molecular flexibility index (Phi) is 8.59. The number of carbonyl (C=O) groups is 1. The van der Waals surface area contributed by atoms with Gasteiger partial charge in [0.25, 0.3) is 5.91 Å². The monoisotopic (exact) mass is 365 g/mol. The maximum Gasteiger partial charge on any atom is 0.251 e. The van der Waals surface area contributed by atoms with E-state index in [1.165, 1.54) is 24.3 Å². The number of nitrogens with one attached hydrogen (secondary N) is 2.